The molecule has 1 aromatic carbocycles. The molecule has 1 rings (SSSR count). The van der Waals surface area contributed by atoms with Gasteiger partial charge in [-0.05, 0) is 34.1 Å². The van der Waals surface area contributed by atoms with Crippen LogP contribution in [0.1, 0.15) is 12.0 Å². The topological polar surface area (TPSA) is 9.23 Å². The van der Waals surface area contributed by atoms with E-state index < -0.39 is 0 Å². The van der Waals surface area contributed by atoms with Gasteiger partial charge in [-0.2, -0.15) is 12.6 Å². The summed E-state index contributed by atoms with van der Waals surface area (Å²) in [5.41, 5.74) is 0.965. The summed E-state index contributed by atoms with van der Waals surface area (Å²) in [4.78, 5) is 0. The van der Waals surface area contributed by atoms with Crippen molar-refractivity contribution in [3.8, 4) is 17.6 Å². The molecule has 0 aliphatic rings. The van der Waals surface area contributed by atoms with E-state index in [1.54, 1.807) is 7.11 Å². The Morgan fingerprint density at radius 3 is 2.93 bits per heavy atom. The molecule has 0 amide bonds. The number of thiol groups is 1. The van der Waals surface area contributed by atoms with Gasteiger partial charge in [0.2, 0.25) is 0 Å². The number of hydrogen-bond donors (Lipinski definition) is 1. The van der Waals surface area contributed by atoms with Crippen LogP contribution in [0.25, 0.3) is 0 Å². The summed E-state index contributed by atoms with van der Waals surface area (Å²) in [6, 6.07) is 5.80. The fraction of sp³-hybridized carbons (Fsp3) is 0.273. The van der Waals surface area contributed by atoms with E-state index in [1.165, 1.54) is 0 Å². The molecule has 0 bridgehead atoms. The Morgan fingerprint density at radius 2 is 2.29 bits per heavy atom. The van der Waals surface area contributed by atoms with Gasteiger partial charge in [-0.1, -0.05) is 11.8 Å². The molecular weight excluding hydrogens is 260 g/mol. The van der Waals surface area contributed by atoms with E-state index >= 15 is 0 Å². The van der Waals surface area contributed by atoms with Crippen LogP contribution in [-0.4, -0.2) is 12.9 Å². The molecule has 0 aliphatic carbocycles. The molecule has 14 heavy (non-hydrogen) atoms. The number of halogens is 1. The van der Waals surface area contributed by atoms with Crippen LogP contribution in [-0.2, 0) is 0 Å². The minimum atomic E-state index is 0.792. The Hall–Kier alpha value is -0.590. The van der Waals surface area contributed by atoms with Crippen LogP contribution in [0.3, 0.4) is 0 Å². The zero-order valence-corrected chi connectivity index (χ0v) is 10.4. The Kier molecular flexibility index (Phi) is 4.92. The van der Waals surface area contributed by atoms with Gasteiger partial charge in [-0.25, -0.2) is 0 Å². The van der Waals surface area contributed by atoms with Crippen molar-refractivity contribution in [1.29, 1.82) is 0 Å². The van der Waals surface area contributed by atoms with Crippen molar-refractivity contribution in [3.63, 3.8) is 0 Å². The quantitative estimate of drug-likeness (QED) is 0.642. The Labute approximate surface area is 98.4 Å². The highest BCUT2D eigenvalue weighted by Gasteiger charge is 1.98. The normalized spacial score (nSPS) is 9.07. The molecule has 1 aromatic rings. The summed E-state index contributed by atoms with van der Waals surface area (Å²) in [6.07, 6.45) is 0.807. The zero-order valence-electron chi connectivity index (χ0n) is 7.88. The van der Waals surface area contributed by atoms with Crippen LogP contribution in [0.2, 0.25) is 0 Å². The number of rotatable bonds is 2. The number of methoxy groups -OCH3 is 1. The lowest BCUT2D eigenvalue weighted by Gasteiger charge is -2.02. The highest BCUT2D eigenvalue weighted by Crippen LogP contribution is 2.25. The molecule has 0 radical (unpaired) electrons. The van der Waals surface area contributed by atoms with E-state index in [2.05, 4.69) is 40.4 Å². The van der Waals surface area contributed by atoms with Crippen molar-refractivity contribution in [1.82, 2.24) is 0 Å². The average Bonchev–Trinajstić information content (AvgIpc) is 2.21. The second kappa shape index (κ2) is 6.00. The van der Waals surface area contributed by atoms with Gasteiger partial charge in [0, 0.05) is 17.7 Å². The summed E-state index contributed by atoms with van der Waals surface area (Å²) in [7, 11) is 1.64. The van der Waals surface area contributed by atoms with Crippen molar-refractivity contribution >= 4 is 28.6 Å². The highest BCUT2D eigenvalue weighted by molar-refractivity contribution is 9.10. The third-order valence-electron chi connectivity index (χ3n) is 1.62. The highest BCUT2D eigenvalue weighted by atomic mass is 79.9. The van der Waals surface area contributed by atoms with E-state index in [1.807, 2.05) is 18.2 Å². The van der Waals surface area contributed by atoms with Crippen LogP contribution >= 0.6 is 28.6 Å². The van der Waals surface area contributed by atoms with Crippen LogP contribution in [0.5, 0.6) is 5.75 Å². The van der Waals surface area contributed by atoms with Gasteiger partial charge in [0.15, 0.2) is 0 Å². The van der Waals surface area contributed by atoms with Crippen LogP contribution in [0.4, 0.5) is 0 Å². The second-order valence-electron chi connectivity index (χ2n) is 2.62. The van der Waals surface area contributed by atoms with Crippen molar-refractivity contribution in [2.75, 3.05) is 12.9 Å². The van der Waals surface area contributed by atoms with E-state index in [0.717, 1.165) is 28.0 Å². The van der Waals surface area contributed by atoms with Crippen molar-refractivity contribution in [2.45, 2.75) is 6.42 Å². The zero-order chi connectivity index (χ0) is 10.4. The van der Waals surface area contributed by atoms with Crippen LogP contribution in [0.15, 0.2) is 22.7 Å². The standard InChI is InChI=1S/C11H11BrOS/c1-13-11-8-9(4-2-3-7-14)5-6-10(11)12/h5-6,8,14H,3,7H2,1H3. The van der Waals surface area contributed by atoms with Gasteiger partial charge in [-0.3, -0.25) is 0 Å². The van der Waals surface area contributed by atoms with Crippen molar-refractivity contribution in [2.24, 2.45) is 0 Å². The maximum Gasteiger partial charge on any atom is 0.134 e. The molecule has 0 N–H and O–H groups in total. The SMILES string of the molecule is COc1cc(C#CCCS)ccc1Br. The number of benzene rings is 1. The van der Waals surface area contributed by atoms with E-state index in [9.17, 15) is 0 Å². The summed E-state index contributed by atoms with van der Waals surface area (Å²) < 4.78 is 6.11. The molecule has 1 nitrogen and oxygen atoms in total. The van der Waals surface area contributed by atoms with Crippen molar-refractivity contribution in [3.05, 3.63) is 28.2 Å². The molecule has 74 valence electrons. The monoisotopic (exact) mass is 270 g/mol. The largest absolute Gasteiger partial charge is 0.496 e. The first-order valence-electron chi connectivity index (χ1n) is 4.21. The summed E-state index contributed by atoms with van der Waals surface area (Å²) >= 11 is 7.47. The van der Waals surface area contributed by atoms with Gasteiger partial charge in [-0.15, -0.1) is 0 Å². The number of ether oxygens (including phenoxy) is 1. The molecular formula is C11H11BrOS. The molecule has 0 fully saturated rings. The maximum atomic E-state index is 5.16. The Balaban J connectivity index is 2.86. The lowest BCUT2D eigenvalue weighted by Crippen LogP contribution is -1.85. The Bertz CT molecular complexity index is 365. The average molecular weight is 271 g/mol. The predicted molar refractivity (Wildman–Crippen MR) is 66.0 cm³/mol. The second-order valence-corrected chi connectivity index (χ2v) is 3.93. The van der Waals surface area contributed by atoms with Gasteiger partial charge < -0.3 is 4.74 Å². The van der Waals surface area contributed by atoms with Crippen LogP contribution < -0.4 is 4.74 Å². The number of hydrogen-bond acceptors (Lipinski definition) is 2. The van der Waals surface area contributed by atoms with E-state index in [4.69, 9.17) is 4.74 Å². The van der Waals surface area contributed by atoms with E-state index in [-0.39, 0.29) is 0 Å². The molecule has 0 saturated heterocycles. The lowest BCUT2D eigenvalue weighted by atomic mass is 10.2. The first-order chi connectivity index (χ1) is 6.77. The molecule has 3 heteroatoms. The summed E-state index contributed by atoms with van der Waals surface area (Å²) in [6.45, 7) is 0. The molecule has 0 aliphatic heterocycles. The minimum absolute atomic E-state index is 0.792. The molecule has 0 spiro atoms. The summed E-state index contributed by atoms with van der Waals surface area (Å²) in [5, 5.41) is 0. The maximum absolute atomic E-state index is 5.16. The van der Waals surface area contributed by atoms with E-state index in [0.29, 0.717) is 0 Å². The molecule has 0 saturated carbocycles. The Morgan fingerprint density at radius 1 is 1.50 bits per heavy atom. The van der Waals surface area contributed by atoms with Crippen LogP contribution in [0, 0.1) is 11.8 Å². The molecule has 0 heterocycles. The first kappa shape index (κ1) is 11.5. The fourth-order valence-corrected chi connectivity index (χ4v) is 1.48. The minimum Gasteiger partial charge on any atom is -0.496 e. The fourth-order valence-electron chi connectivity index (χ4n) is 0.958. The van der Waals surface area contributed by atoms with Gasteiger partial charge in [0.05, 0.1) is 11.6 Å². The molecule has 0 unspecified atom stereocenters. The molecule has 0 atom stereocenters. The summed E-state index contributed by atoms with van der Waals surface area (Å²) in [5.74, 6) is 7.67. The van der Waals surface area contributed by atoms with Gasteiger partial charge in [0.25, 0.3) is 0 Å². The third-order valence-corrected chi connectivity index (χ3v) is 2.50. The first-order valence-corrected chi connectivity index (χ1v) is 5.63. The predicted octanol–water partition coefficient (Wildman–Crippen LogP) is 3.13. The molecule has 0 aromatic heterocycles. The van der Waals surface area contributed by atoms with Gasteiger partial charge >= 0.3 is 0 Å². The smallest absolute Gasteiger partial charge is 0.134 e. The van der Waals surface area contributed by atoms with Gasteiger partial charge in [0.1, 0.15) is 5.75 Å². The third kappa shape index (κ3) is 3.28. The van der Waals surface area contributed by atoms with Crippen molar-refractivity contribution < 1.29 is 4.74 Å². The lowest BCUT2D eigenvalue weighted by molar-refractivity contribution is 0.412.